The molecular weight excluding hydrogens is 348 g/mol. The van der Waals surface area contributed by atoms with Crippen molar-refractivity contribution in [2.75, 3.05) is 27.8 Å². The van der Waals surface area contributed by atoms with Gasteiger partial charge in [-0.15, -0.1) is 0 Å². The van der Waals surface area contributed by atoms with Gasteiger partial charge in [0.25, 0.3) is 0 Å². The highest BCUT2D eigenvalue weighted by Gasteiger charge is 2.24. The Hall–Kier alpha value is -2.61. The van der Waals surface area contributed by atoms with Crippen LogP contribution in [-0.2, 0) is 11.3 Å². The molecule has 0 bridgehead atoms. The van der Waals surface area contributed by atoms with E-state index in [0.29, 0.717) is 23.2 Å². The number of rotatable bonds is 6. The summed E-state index contributed by atoms with van der Waals surface area (Å²) in [5.74, 6) is 2.03. The van der Waals surface area contributed by atoms with Gasteiger partial charge >= 0.3 is 0 Å². The van der Waals surface area contributed by atoms with Crippen LogP contribution in [0.4, 0.5) is 0 Å². The van der Waals surface area contributed by atoms with Crippen LogP contribution in [0, 0.1) is 0 Å². The SMILES string of the molecule is COc1ccc(-c2noc(CNC(=O)C3CCCCCN3C)n2)cc1OC. The molecule has 1 fully saturated rings. The Bertz CT molecular complexity index is 777. The molecule has 8 heteroatoms. The normalized spacial score (nSPS) is 18.0. The van der Waals surface area contributed by atoms with Gasteiger partial charge in [-0.1, -0.05) is 18.0 Å². The van der Waals surface area contributed by atoms with Gasteiger partial charge in [0, 0.05) is 5.56 Å². The van der Waals surface area contributed by atoms with E-state index in [1.165, 1.54) is 6.42 Å². The summed E-state index contributed by atoms with van der Waals surface area (Å²) in [6.45, 7) is 1.16. The molecule has 0 saturated carbocycles. The molecule has 1 aromatic carbocycles. The summed E-state index contributed by atoms with van der Waals surface area (Å²) < 4.78 is 15.8. The van der Waals surface area contributed by atoms with Gasteiger partial charge in [0.05, 0.1) is 26.8 Å². The largest absolute Gasteiger partial charge is 0.493 e. The molecule has 1 aliphatic heterocycles. The van der Waals surface area contributed by atoms with Gasteiger partial charge < -0.3 is 19.3 Å². The second-order valence-corrected chi connectivity index (χ2v) is 6.65. The van der Waals surface area contributed by atoms with E-state index in [9.17, 15) is 4.79 Å². The number of hydrogen-bond donors (Lipinski definition) is 1. The maximum absolute atomic E-state index is 12.5. The summed E-state index contributed by atoms with van der Waals surface area (Å²) in [4.78, 5) is 19.0. The number of nitrogens with one attached hydrogen (secondary N) is 1. The van der Waals surface area contributed by atoms with E-state index >= 15 is 0 Å². The first-order valence-electron chi connectivity index (χ1n) is 9.15. The van der Waals surface area contributed by atoms with Crippen LogP contribution in [0.1, 0.15) is 31.6 Å². The quantitative estimate of drug-likeness (QED) is 0.829. The summed E-state index contributed by atoms with van der Waals surface area (Å²) in [6, 6.07) is 5.30. The number of likely N-dealkylation sites (N-methyl/N-ethyl adjacent to an activating group) is 1. The van der Waals surface area contributed by atoms with Gasteiger partial charge in [0.1, 0.15) is 0 Å². The van der Waals surface area contributed by atoms with Gasteiger partial charge in [-0.3, -0.25) is 9.69 Å². The zero-order valence-corrected chi connectivity index (χ0v) is 16.0. The van der Waals surface area contributed by atoms with Gasteiger partial charge in [0.15, 0.2) is 11.5 Å². The van der Waals surface area contributed by atoms with E-state index in [1.807, 2.05) is 13.1 Å². The van der Waals surface area contributed by atoms with Crippen LogP contribution in [0.5, 0.6) is 11.5 Å². The number of carbonyl (C=O) groups excluding carboxylic acids is 1. The number of amides is 1. The third-order valence-electron chi connectivity index (χ3n) is 4.85. The van der Waals surface area contributed by atoms with Crippen LogP contribution >= 0.6 is 0 Å². The maximum Gasteiger partial charge on any atom is 0.246 e. The first-order valence-corrected chi connectivity index (χ1v) is 9.15. The molecule has 3 rings (SSSR count). The lowest BCUT2D eigenvalue weighted by atomic mass is 10.1. The van der Waals surface area contributed by atoms with Crippen LogP contribution in [0.15, 0.2) is 22.7 Å². The topological polar surface area (TPSA) is 89.7 Å². The number of aromatic nitrogens is 2. The highest BCUT2D eigenvalue weighted by atomic mass is 16.5. The fourth-order valence-corrected chi connectivity index (χ4v) is 3.28. The Morgan fingerprint density at radius 3 is 2.85 bits per heavy atom. The van der Waals surface area contributed by atoms with E-state index in [4.69, 9.17) is 14.0 Å². The summed E-state index contributed by atoms with van der Waals surface area (Å²) in [6.07, 6.45) is 4.26. The zero-order valence-electron chi connectivity index (χ0n) is 16.0. The van der Waals surface area contributed by atoms with E-state index in [1.54, 1.807) is 26.4 Å². The van der Waals surface area contributed by atoms with Crippen molar-refractivity contribution < 1.29 is 18.8 Å². The predicted octanol–water partition coefficient (Wildman–Crippen LogP) is 2.24. The number of likely N-dealkylation sites (tertiary alicyclic amines) is 1. The molecule has 1 aromatic heterocycles. The minimum absolute atomic E-state index is 0.00488. The van der Waals surface area contributed by atoms with E-state index in [-0.39, 0.29) is 18.5 Å². The van der Waals surface area contributed by atoms with Crippen LogP contribution < -0.4 is 14.8 Å². The monoisotopic (exact) mass is 374 g/mol. The Balaban J connectivity index is 1.63. The van der Waals surface area contributed by atoms with E-state index < -0.39 is 0 Å². The average Bonchev–Trinajstić information content (AvgIpc) is 3.06. The molecule has 1 unspecified atom stereocenters. The van der Waals surface area contributed by atoms with Gasteiger partial charge in [-0.25, -0.2) is 0 Å². The lowest BCUT2D eigenvalue weighted by molar-refractivity contribution is -0.126. The highest BCUT2D eigenvalue weighted by molar-refractivity contribution is 5.81. The third kappa shape index (κ3) is 4.57. The third-order valence-corrected chi connectivity index (χ3v) is 4.85. The van der Waals surface area contributed by atoms with Crippen LogP contribution in [0.3, 0.4) is 0 Å². The number of benzene rings is 1. The van der Waals surface area contributed by atoms with Gasteiger partial charge in [-0.05, 0) is 44.6 Å². The zero-order chi connectivity index (χ0) is 19.2. The van der Waals surface area contributed by atoms with Crippen molar-refractivity contribution in [3.05, 3.63) is 24.1 Å². The molecule has 0 radical (unpaired) electrons. The molecule has 0 aliphatic carbocycles. The molecular formula is C19H26N4O4. The van der Waals surface area contributed by atoms with Crippen molar-refractivity contribution in [3.63, 3.8) is 0 Å². The predicted molar refractivity (Wildman–Crippen MR) is 99.6 cm³/mol. The van der Waals surface area contributed by atoms with Crippen molar-refractivity contribution in [2.24, 2.45) is 0 Å². The van der Waals surface area contributed by atoms with Crippen molar-refractivity contribution in [2.45, 2.75) is 38.3 Å². The molecule has 0 spiro atoms. The summed E-state index contributed by atoms with van der Waals surface area (Å²) in [7, 11) is 5.15. The van der Waals surface area contributed by atoms with Crippen molar-refractivity contribution in [3.8, 4) is 22.9 Å². The standard InChI is InChI=1S/C19H26N4O4/c1-23-10-6-4-5-7-14(23)19(24)20-12-17-21-18(22-27-17)13-8-9-15(25-2)16(11-13)26-3/h8-9,11,14H,4-7,10,12H2,1-3H3,(H,20,24). The van der Waals surface area contributed by atoms with Crippen molar-refractivity contribution in [1.82, 2.24) is 20.4 Å². The summed E-state index contributed by atoms with van der Waals surface area (Å²) in [5.41, 5.74) is 0.748. The molecule has 1 amide bonds. The van der Waals surface area contributed by atoms with Crippen molar-refractivity contribution >= 4 is 5.91 Å². The number of methoxy groups -OCH3 is 2. The van der Waals surface area contributed by atoms with E-state index in [0.717, 1.165) is 31.4 Å². The van der Waals surface area contributed by atoms with Crippen LogP contribution in [-0.4, -0.2) is 54.8 Å². The first kappa shape index (κ1) is 19.2. The molecule has 8 nitrogen and oxygen atoms in total. The number of ether oxygens (including phenoxy) is 2. The average molecular weight is 374 g/mol. The molecule has 1 N–H and O–H groups in total. The Morgan fingerprint density at radius 2 is 2.07 bits per heavy atom. The lowest BCUT2D eigenvalue weighted by Gasteiger charge is -2.24. The first-order chi connectivity index (χ1) is 13.1. The fraction of sp³-hybridized carbons (Fsp3) is 0.526. The minimum Gasteiger partial charge on any atom is -0.493 e. The molecule has 2 heterocycles. The number of hydrogen-bond acceptors (Lipinski definition) is 7. The van der Waals surface area contributed by atoms with Crippen molar-refractivity contribution in [1.29, 1.82) is 0 Å². The smallest absolute Gasteiger partial charge is 0.246 e. The minimum atomic E-state index is -0.0965. The summed E-state index contributed by atoms with van der Waals surface area (Å²) >= 11 is 0. The highest BCUT2D eigenvalue weighted by Crippen LogP contribution is 2.31. The number of carbonyl (C=O) groups is 1. The maximum atomic E-state index is 12.5. The van der Waals surface area contributed by atoms with Gasteiger partial charge in [-0.2, -0.15) is 4.98 Å². The fourth-order valence-electron chi connectivity index (χ4n) is 3.28. The Kier molecular flexibility index (Phi) is 6.28. The van der Waals surface area contributed by atoms with E-state index in [2.05, 4.69) is 20.4 Å². The molecule has 27 heavy (non-hydrogen) atoms. The molecule has 146 valence electrons. The number of nitrogens with zero attached hydrogens (tertiary/aromatic N) is 3. The molecule has 1 atom stereocenters. The summed E-state index contributed by atoms with van der Waals surface area (Å²) in [5, 5.41) is 6.90. The Labute approximate surface area is 158 Å². The molecule has 2 aromatic rings. The second-order valence-electron chi connectivity index (χ2n) is 6.65. The van der Waals surface area contributed by atoms with Crippen LogP contribution in [0.2, 0.25) is 0 Å². The molecule has 1 saturated heterocycles. The van der Waals surface area contributed by atoms with Crippen LogP contribution in [0.25, 0.3) is 11.4 Å². The molecule has 1 aliphatic rings. The van der Waals surface area contributed by atoms with Gasteiger partial charge in [0.2, 0.25) is 17.6 Å². The lowest BCUT2D eigenvalue weighted by Crippen LogP contribution is -2.44. The Morgan fingerprint density at radius 1 is 1.26 bits per heavy atom. The second kappa shape index (κ2) is 8.85.